The SMILES string of the molecule is N#Cc1cccc(C(=O)NC2CC[NH+](Cc3ccc(Cl)cc3)CC2)c1. The minimum absolute atomic E-state index is 0.0942. The zero-order valence-electron chi connectivity index (χ0n) is 14.0. The molecule has 0 atom stereocenters. The molecule has 2 aromatic carbocycles. The number of halogens is 1. The molecule has 1 amide bonds. The molecule has 25 heavy (non-hydrogen) atoms. The molecule has 1 saturated heterocycles. The fourth-order valence-corrected chi connectivity index (χ4v) is 3.36. The Bertz CT molecular complexity index is 774. The minimum Gasteiger partial charge on any atom is -0.349 e. The van der Waals surface area contributed by atoms with Gasteiger partial charge in [-0.05, 0) is 30.3 Å². The summed E-state index contributed by atoms with van der Waals surface area (Å²) in [5.74, 6) is -0.0942. The van der Waals surface area contributed by atoms with Crippen LogP contribution in [0, 0.1) is 11.3 Å². The molecule has 0 spiro atoms. The molecule has 2 aromatic rings. The second kappa shape index (κ2) is 8.15. The number of rotatable bonds is 4. The number of amides is 1. The second-order valence-corrected chi connectivity index (χ2v) is 6.93. The Morgan fingerprint density at radius 2 is 1.92 bits per heavy atom. The van der Waals surface area contributed by atoms with Crippen LogP contribution in [0.2, 0.25) is 5.02 Å². The first-order valence-corrected chi connectivity index (χ1v) is 8.91. The molecular weight excluding hydrogens is 334 g/mol. The first kappa shape index (κ1) is 17.5. The maximum atomic E-state index is 12.3. The zero-order valence-corrected chi connectivity index (χ0v) is 14.7. The molecule has 0 aromatic heterocycles. The largest absolute Gasteiger partial charge is 0.349 e. The number of nitrogens with zero attached hydrogens (tertiary/aromatic N) is 1. The molecule has 0 bridgehead atoms. The van der Waals surface area contributed by atoms with Crippen LogP contribution in [-0.4, -0.2) is 25.0 Å². The fourth-order valence-electron chi connectivity index (χ4n) is 3.24. The third-order valence-corrected chi connectivity index (χ3v) is 4.90. The first-order chi connectivity index (χ1) is 12.1. The molecule has 1 aliphatic rings. The molecular formula is C20H21ClN3O+. The topological polar surface area (TPSA) is 57.3 Å². The standard InChI is InChI=1S/C20H20ClN3O/c21-18-6-4-15(5-7-18)14-24-10-8-19(9-11-24)23-20(25)17-3-1-2-16(12-17)13-22/h1-7,12,19H,8-11,14H2,(H,23,25)/p+1. The van der Waals surface area contributed by atoms with E-state index in [9.17, 15) is 4.79 Å². The third-order valence-electron chi connectivity index (χ3n) is 4.65. The van der Waals surface area contributed by atoms with Gasteiger partial charge in [0.1, 0.15) is 6.54 Å². The van der Waals surface area contributed by atoms with Gasteiger partial charge >= 0.3 is 0 Å². The number of nitriles is 1. The fraction of sp³-hybridized carbons (Fsp3) is 0.300. The summed E-state index contributed by atoms with van der Waals surface area (Å²) in [6.07, 6.45) is 1.93. The number of carbonyl (C=O) groups is 1. The Morgan fingerprint density at radius 3 is 2.60 bits per heavy atom. The van der Waals surface area contributed by atoms with E-state index in [0.717, 1.165) is 37.5 Å². The summed E-state index contributed by atoms with van der Waals surface area (Å²) in [4.78, 5) is 13.9. The number of piperidine rings is 1. The predicted molar refractivity (Wildman–Crippen MR) is 97.5 cm³/mol. The molecule has 1 aliphatic heterocycles. The molecule has 128 valence electrons. The highest BCUT2D eigenvalue weighted by molar-refractivity contribution is 6.30. The van der Waals surface area contributed by atoms with Crippen LogP contribution in [0.25, 0.3) is 0 Å². The van der Waals surface area contributed by atoms with Crippen LogP contribution in [0.3, 0.4) is 0 Å². The number of carbonyl (C=O) groups excluding carboxylic acids is 1. The Balaban J connectivity index is 1.49. The van der Waals surface area contributed by atoms with E-state index in [0.29, 0.717) is 11.1 Å². The van der Waals surface area contributed by atoms with Gasteiger partial charge in [0.2, 0.25) is 0 Å². The van der Waals surface area contributed by atoms with Gasteiger partial charge in [-0.3, -0.25) is 4.79 Å². The van der Waals surface area contributed by atoms with Gasteiger partial charge in [0.05, 0.1) is 24.7 Å². The van der Waals surface area contributed by atoms with Gasteiger partial charge in [-0.1, -0.05) is 29.8 Å². The quantitative estimate of drug-likeness (QED) is 0.884. The van der Waals surface area contributed by atoms with Crippen molar-refractivity contribution >= 4 is 17.5 Å². The van der Waals surface area contributed by atoms with Crippen molar-refractivity contribution < 1.29 is 9.69 Å². The van der Waals surface area contributed by atoms with Gasteiger partial charge in [-0.2, -0.15) is 5.26 Å². The van der Waals surface area contributed by atoms with E-state index in [4.69, 9.17) is 16.9 Å². The summed E-state index contributed by atoms with van der Waals surface area (Å²) >= 11 is 5.93. The number of hydrogen-bond acceptors (Lipinski definition) is 2. The Kier molecular flexibility index (Phi) is 5.70. The molecule has 1 heterocycles. The zero-order chi connectivity index (χ0) is 17.6. The predicted octanol–water partition coefficient (Wildman–Crippen LogP) is 2.19. The van der Waals surface area contributed by atoms with E-state index in [1.807, 2.05) is 12.1 Å². The van der Waals surface area contributed by atoms with Crippen LogP contribution in [0.4, 0.5) is 0 Å². The smallest absolute Gasteiger partial charge is 0.251 e. The summed E-state index contributed by atoms with van der Waals surface area (Å²) in [5, 5.41) is 12.8. The first-order valence-electron chi connectivity index (χ1n) is 8.53. The molecule has 2 N–H and O–H groups in total. The van der Waals surface area contributed by atoms with Crippen molar-refractivity contribution in [1.82, 2.24) is 5.32 Å². The van der Waals surface area contributed by atoms with E-state index in [-0.39, 0.29) is 11.9 Å². The third kappa shape index (κ3) is 4.82. The molecule has 4 nitrogen and oxygen atoms in total. The average molecular weight is 355 g/mol. The normalized spacial score (nSPS) is 19.8. The van der Waals surface area contributed by atoms with Crippen molar-refractivity contribution in [3.05, 3.63) is 70.2 Å². The number of nitrogens with one attached hydrogen (secondary N) is 2. The van der Waals surface area contributed by atoms with Gasteiger partial charge in [0.25, 0.3) is 5.91 Å². The molecule has 3 rings (SSSR count). The van der Waals surface area contributed by atoms with Crippen molar-refractivity contribution in [2.45, 2.75) is 25.4 Å². The Morgan fingerprint density at radius 1 is 1.20 bits per heavy atom. The molecule has 0 radical (unpaired) electrons. The van der Waals surface area contributed by atoms with Gasteiger partial charge in [-0.15, -0.1) is 0 Å². The van der Waals surface area contributed by atoms with E-state index in [1.54, 1.807) is 24.3 Å². The van der Waals surface area contributed by atoms with Gasteiger partial charge in [0, 0.05) is 35.0 Å². The summed E-state index contributed by atoms with van der Waals surface area (Å²) in [6.45, 7) is 3.06. The Hall–Kier alpha value is -2.35. The minimum atomic E-state index is -0.0942. The molecule has 5 heteroatoms. The summed E-state index contributed by atoms with van der Waals surface area (Å²) < 4.78 is 0. The van der Waals surface area contributed by atoms with Crippen LogP contribution in [0.5, 0.6) is 0 Å². The number of benzene rings is 2. The van der Waals surface area contributed by atoms with Gasteiger partial charge in [-0.25, -0.2) is 0 Å². The lowest BCUT2D eigenvalue weighted by Gasteiger charge is -2.29. The van der Waals surface area contributed by atoms with E-state index in [1.165, 1.54) is 10.5 Å². The van der Waals surface area contributed by atoms with Crippen molar-refractivity contribution in [2.24, 2.45) is 0 Å². The molecule has 0 unspecified atom stereocenters. The van der Waals surface area contributed by atoms with E-state index in [2.05, 4.69) is 23.5 Å². The molecule has 1 fully saturated rings. The number of hydrogen-bond donors (Lipinski definition) is 2. The Labute approximate surface area is 153 Å². The number of likely N-dealkylation sites (tertiary alicyclic amines) is 1. The van der Waals surface area contributed by atoms with Gasteiger partial charge < -0.3 is 10.2 Å². The van der Waals surface area contributed by atoms with E-state index < -0.39 is 0 Å². The molecule has 0 aliphatic carbocycles. The monoisotopic (exact) mass is 354 g/mol. The summed E-state index contributed by atoms with van der Waals surface area (Å²) in [5.41, 5.74) is 2.35. The van der Waals surface area contributed by atoms with Crippen LogP contribution >= 0.6 is 11.6 Å². The highest BCUT2D eigenvalue weighted by Crippen LogP contribution is 2.10. The van der Waals surface area contributed by atoms with Crippen LogP contribution in [0.1, 0.15) is 34.3 Å². The maximum Gasteiger partial charge on any atom is 0.251 e. The highest BCUT2D eigenvalue weighted by Gasteiger charge is 2.23. The second-order valence-electron chi connectivity index (χ2n) is 6.49. The van der Waals surface area contributed by atoms with E-state index >= 15 is 0 Å². The molecule has 0 saturated carbocycles. The summed E-state index contributed by atoms with van der Waals surface area (Å²) in [6, 6.07) is 17.1. The lowest BCUT2D eigenvalue weighted by atomic mass is 10.0. The highest BCUT2D eigenvalue weighted by atomic mass is 35.5. The van der Waals surface area contributed by atoms with Crippen molar-refractivity contribution in [3.8, 4) is 6.07 Å². The lowest BCUT2D eigenvalue weighted by molar-refractivity contribution is -0.918. The van der Waals surface area contributed by atoms with Crippen molar-refractivity contribution in [2.75, 3.05) is 13.1 Å². The average Bonchev–Trinajstić information content (AvgIpc) is 2.65. The van der Waals surface area contributed by atoms with Crippen molar-refractivity contribution in [3.63, 3.8) is 0 Å². The van der Waals surface area contributed by atoms with Gasteiger partial charge in [0.15, 0.2) is 0 Å². The summed E-state index contributed by atoms with van der Waals surface area (Å²) in [7, 11) is 0. The van der Waals surface area contributed by atoms with Crippen LogP contribution < -0.4 is 10.2 Å². The van der Waals surface area contributed by atoms with Crippen LogP contribution in [0.15, 0.2) is 48.5 Å². The number of quaternary nitrogens is 1. The lowest BCUT2D eigenvalue weighted by Crippen LogP contribution is -3.12. The van der Waals surface area contributed by atoms with Crippen LogP contribution in [-0.2, 0) is 6.54 Å². The maximum absolute atomic E-state index is 12.3. The van der Waals surface area contributed by atoms with Crippen molar-refractivity contribution in [1.29, 1.82) is 5.26 Å².